The Bertz CT molecular complexity index is 486. The maximum atomic E-state index is 13.2. The maximum Gasteiger partial charge on any atom is 0.251 e. The Labute approximate surface area is 125 Å². The molecule has 0 aromatic heterocycles. The van der Waals surface area contributed by atoms with Gasteiger partial charge in [0.15, 0.2) is 0 Å². The zero-order valence-electron chi connectivity index (χ0n) is 12.5. The number of rotatable bonds is 2. The molecule has 1 aliphatic heterocycles. The van der Waals surface area contributed by atoms with E-state index in [0.717, 1.165) is 11.4 Å². The van der Waals surface area contributed by atoms with Crippen LogP contribution >= 0.6 is 0 Å². The zero-order valence-corrected chi connectivity index (χ0v) is 12.5. The van der Waals surface area contributed by atoms with Gasteiger partial charge >= 0.3 is 0 Å². The standard InChI is InChI=1S/C17H24F2N2/c18-17(19)8-10-21(11-9-17)16-7-6-14(12-15(16)20)13-4-2-1-3-5-13/h6-7,12-13H,1-5,8-11,20H2. The Hall–Kier alpha value is -1.32. The number of halogens is 2. The van der Waals surface area contributed by atoms with Crippen molar-refractivity contribution in [2.75, 3.05) is 23.7 Å². The number of benzene rings is 1. The molecule has 0 bridgehead atoms. The highest BCUT2D eigenvalue weighted by Crippen LogP contribution is 2.37. The van der Waals surface area contributed by atoms with Gasteiger partial charge in [-0.1, -0.05) is 25.3 Å². The average Bonchev–Trinajstić information content (AvgIpc) is 2.49. The smallest absolute Gasteiger partial charge is 0.251 e. The third-order valence-electron chi connectivity index (χ3n) is 4.96. The molecule has 2 aliphatic rings. The topological polar surface area (TPSA) is 29.3 Å². The van der Waals surface area contributed by atoms with Crippen LogP contribution in [0.15, 0.2) is 18.2 Å². The molecule has 0 amide bonds. The van der Waals surface area contributed by atoms with E-state index in [9.17, 15) is 8.78 Å². The molecule has 1 saturated carbocycles. The van der Waals surface area contributed by atoms with Crippen LogP contribution in [-0.4, -0.2) is 19.0 Å². The van der Waals surface area contributed by atoms with Crippen LogP contribution in [0.3, 0.4) is 0 Å². The van der Waals surface area contributed by atoms with E-state index in [1.165, 1.54) is 37.7 Å². The molecule has 0 atom stereocenters. The molecule has 2 fully saturated rings. The SMILES string of the molecule is Nc1cc(C2CCCCC2)ccc1N1CCC(F)(F)CC1. The molecule has 4 heteroatoms. The van der Waals surface area contributed by atoms with Crippen molar-refractivity contribution in [2.24, 2.45) is 0 Å². The molecular weight excluding hydrogens is 270 g/mol. The van der Waals surface area contributed by atoms with E-state index in [-0.39, 0.29) is 12.8 Å². The molecular formula is C17H24F2N2. The lowest BCUT2D eigenvalue weighted by Gasteiger charge is -2.34. The first-order valence-corrected chi connectivity index (χ1v) is 8.07. The molecule has 21 heavy (non-hydrogen) atoms. The quantitative estimate of drug-likeness (QED) is 0.811. The van der Waals surface area contributed by atoms with Gasteiger partial charge in [-0.2, -0.15) is 0 Å². The van der Waals surface area contributed by atoms with Gasteiger partial charge in [0.1, 0.15) is 0 Å². The predicted octanol–water partition coefficient (Wildman–Crippen LogP) is 4.55. The highest BCUT2D eigenvalue weighted by molar-refractivity contribution is 5.69. The van der Waals surface area contributed by atoms with Crippen LogP contribution in [0.2, 0.25) is 0 Å². The van der Waals surface area contributed by atoms with Crippen LogP contribution < -0.4 is 10.6 Å². The van der Waals surface area contributed by atoms with Crippen molar-refractivity contribution in [1.29, 1.82) is 0 Å². The number of anilines is 2. The van der Waals surface area contributed by atoms with Crippen LogP contribution in [0.1, 0.15) is 56.4 Å². The van der Waals surface area contributed by atoms with Gasteiger partial charge in [-0.15, -0.1) is 0 Å². The van der Waals surface area contributed by atoms with E-state index in [2.05, 4.69) is 12.1 Å². The summed E-state index contributed by atoms with van der Waals surface area (Å²) in [6.45, 7) is 0.778. The third-order valence-corrected chi connectivity index (χ3v) is 4.96. The predicted molar refractivity (Wildman–Crippen MR) is 83.1 cm³/mol. The maximum absolute atomic E-state index is 13.2. The van der Waals surface area contributed by atoms with Crippen LogP contribution in [0, 0.1) is 0 Å². The van der Waals surface area contributed by atoms with Gasteiger partial charge in [0.25, 0.3) is 5.92 Å². The van der Waals surface area contributed by atoms with E-state index in [4.69, 9.17) is 5.73 Å². The summed E-state index contributed by atoms with van der Waals surface area (Å²) in [5.74, 6) is -1.88. The largest absolute Gasteiger partial charge is 0.397 e. The second-order valence-corrected chi connectivity index (χ2v) is 6.50. The van der Waals surface area contributed by atoms with Crippen LogP contribution in [-0.2, 0) is 0 Å². The van der Waals surface area contributed by atoms with Crippen LogP contribution in [0.4, 0.5) is 20.2 Å². The van der Waals surface area contributed by atoms with Crippen molar-refractivity contribution >= 4 is 11.4 Å². The first kappa shape index (κ1) is 14.6. The molecule has 1 heterocycles. The summed E-state index contributed by atoms with van der Waals surface area (Å²) >= 11 is 0. The third kappa shape index (κ3) is 3.30. The van der Waals surface area contributed by atoms with Crippen molar-refractivity contribution in [1.82, 2.24) is 0 Å². The molecule has 116 valence electrons. The summed E-state index contributed by atoms with van der Waals surface area (Å²) in [5.41, 5.74) is 9.18. The van der Waals surface area contributed by atoms with Crippen LogP contribution in [0.5, 0.6) is 0 Å². The molecule has 0 unspecified atom stereocenters. The first-order chi connectivity index (χ1) is 10.1. The fourth-order valence-corrected chi connectivity index (χ4v) is 3.63. The van der Waals surface area contributed by atoms with Gasteiger partial charge in [0.05, 0.1) is 11.4 Å². The van der Waals surface area contributed by atoms with Gasteiger partial charge in [0, 0.05) is 25.9 Å². The number of piperidine rings is 1. The van der Waals surface area contributed by atoms with Crippen molar-refractivity contribution in [3.05, 3.63) is 23.8 Å². The van der Waals surface area contributed by atoms with Crippen molar-refractivity contribution < 1.29 is 8.78 Å². The molecule has 0 radical (unpaired) electrons. The molecule has 1 aromatic rings. The van der Waals surface area contributed by atoms with Crippen molar-refractivity contribution in [2.45, 2.75) is 56.8 Å². The monoisotopic (exact) mass is 294 g/mol. The number of alkyl halides is 2. The van der Waals surface area contributed by atoms with Crippen LogP contribution in [0.25, 0.3) is 0 Å². The first-order valence-electron chi connectivity index (χ1n) is 8.07. The Balaban J connectivity index is 1.72. The molecule has 1 aromatic carbocycles. The van der Waals surface area contributed by atoms with Crippen molar-refractivity contribution in [3.63, 3.8) is 0 Å². The Morgan fingerprint density at radius 1 is 1.05 bits per heavy atom. The zero-order chi connectivity index (χ0) is 14.9. The van der Waals surface area contributed by atoms with E-state index in [1.54, 1.807) is 0 Å². The number of hydrogen-bond donors (Lipinski definition) is 1. The minimum absolute atomic E-state index is 0.0726. The average molecular weight is 294 g/mol. The Morgan fingerprint density at radius 2 is 1.71 bits per heavy atom. The minimum atomic E-state index is -2.51. The van der Waals surface area contributed by atoms with Gasteiger partial charge in [-0.25, -0.2) is 8.78 Å². The minimum Gasteiger partial charge on any atom is -0.397 e. The van der Waals surface area contributed by atoms with E-state index in [0.29, 0.717) is 19.0 Å². The van der Waals surface area contributed by atoms with E-state index >= 15 is 0 Å². The van der Waals surface area contributed by atoms with Gasteiger partial charge in [-0.05, 0) is 36.5 Å². The lowest BCUT2D eigenvalue weighted by molar-refractivity contribution is -0.0220. The fourth-order valence-electron chi connectivity index (χ4n) is 3.63. The van der Waals surface area contributed by atoms with E-state index < -0.39 is 5.92 Å². The molecule has 1 aliphatic carbocycles. The second-order valence-electron chi connectivity index (χ2n) is 6.50. The second kappa shape index (κ2) is 5.82. The highest BCUT2D eigenvalue weighted by atomic mass is 19.3. The summed E-state index contributed by atoms with van der Waals surface area (Å²) < 4.78 is 26.5. The fraction of sp³-hybridized carbons (Fsp3) is 0.647. The molecule has 1 saturated heterocycles. The Kier molecular flexibility index (Phi) is 4.05. The number of nitrogens with two attached hydrogens (primary N) is 1. The highest BCUT2D eigenvalue weighted by Gasteiger charge is 2.34. The van der Waals surface area contributed by atoms with Gasteiger partial charge in [-0.3, -0.25) is 0 Å². The summed E-state index contributed by atoms with van der Waals surface area (Å²) in [6.07, 6.45) is 6.28. The van der Waals surface area contributed by atoms with Gasteiger partial charge in [0.2, 0.25) is 0 Å². The summed E-state index contributed by atoms with van der Waals surface area (Å²) in [5, 5.41) is 0. The Morgan fingerprint density at radius 3 is 2.33 bits per heavy atom. The molecule has 2 N–H and O–H groups in total. The van der Waals surface area contributed by atoms with Crippen molar-refractivity contribution in [3.8, 4) is 0 Å². The number of nitrogen functional groups attached to an aromatic ring is 1. The summed E-state index contributed by atoms with van der Waals surface area (Å²) in [6, 6.07) is 6.25. The lowest BCUT2D eigenvalue weighted by atomic mass is 9.84. The normalized spacial score (nSPS) is 23.2. The lowest BCUT2D eigenvalue weighted by Crippen LogP contribution is -2.39. The van der Waals surface area contributed by atoms with Gasteiger partial charge < -0.3 is 10.6 Å². The molecule has 0 spiro atoms. The summed E-state index contributed by atoms with van der Waals surface area (Å²) in [4.78, 5) is 2.00. The number of hydrogen-bond acceptors (Lipinski definition) is 2. The van der Waals surface area contributed by atoms with E-state index in [1.807, 2.05) is 11.0 Å². The summed E-state index contributed by atoms with van der Waals surface area (Å²) in [7, 11) is 0. The molecule has 3 rings (SSSR count). The number of nitrogens with zero attached hydrogens (tertiary/aromatic N) is 1. The molecule has 2 nitrogen and oxygen atoms in total.